The summed E-state index contributed by atoms with van der Waals surface area (Å²) in [5, 5.41) is 0. The summed E-state index contributed by atoms with van der Waals surface area (Å²) in [4.78, 5) is 0. The van der Waals surface area contributed by atoms with Gasteiger partial charge in [0.25, 0.3) is 0 Å². The molecule has 0 aromatic carbocycles. The standard InChI is InChI=1S/C17H26/c1-4-5-6-9-17(15-11-12-15)16-10-7-8-13(2)14(16)3/h5-6,9,13,15H,4,7-8,10-12H2,1-3H3/b6-5+,17-9-. The van der Waals surface area contributed by atoms with Crippen LogP contribution >= 0.6 is 0 Å². The lowest BCUT2D eigenvalue weighted by molar-refractivity contribution is 0.535. The maximum Gasteiger partial charge on any atom is -0.0159 e. The first-order valence-corrected chi connectivity index (χ1v) is 7.30. The van der Waals surface area contributed by atoms with E-state index in [1.807, 2.05) is 0 Å². The van der Waals surface area contributed by atoms with Crippen molar-refractivity contribution in [1.29, 1.82) is 0 Å². The lowest BCUT2D eigenvalue weighted by atomic mass is 9.80. The van der Waals surface area contributed by atoms with E-state index in [0.29, 0.717) is 0 Å². The molecular formula is C17H26. The lowest BCUT2D eigenvalue weighted by Crippen LogP contribution is -2.09. The monoisotopic (exact) mass is 230 g/mol. The first kappa shape index (κ1) is 12.7. The third-order valence-corrected chi connectivity index (χ3v) is 4.29. The second-order valence-electron chi connectivity index (χ2n) is 5.69. The molecule has 0 aliphatic heterocycles. The maximum atomic E-state index is 2.40. The summed E-state index contributed by atoms with van der Waals surface area (Å²) in [6, 6.07) is 0. The van der Waals surface area contributed by atoms with Crippen LogP contribution in [0.3, 0.4) is 0 Å². The summed E-state index contributed by atoms with van der Waals surface area (Å²) in [7, 11) is 0. The minimum absolute atomic E-state index is 0.802. The van der Waals surface area contributed by atoms with Gasteiger partial charge in [0, 0.05) is 0 Å². The highest BCUT2D eigenvalue weighted by atomic mass is 14.3. The molecule has 2 aliphatic rings. The van der Waals surface area contributed by atoms with Gasteiger partial charge in [0.1, 0.15) is 0 Å². The SMILES string of the molecule is CC/C=C/C=C(\C1=C(C)C(C)CCC1)C1CC1. The fourth-order valence-corrected chi connectivity index (χ4v) is 2.85. The second-order valence-corrected chi connectivity index (χ2v) is 5.69. The van der Waals surface area contributed by atoms with E-state index < -0.39 is 0 Å². The highest BCUT2D eigenvalue weighted by Crippen LogP contribution is 2.45. The van der Waals surface area contributed by atoms with Gasteiger partial charge in [-0.25, -0.2) is 0 Å². The van der Waals surface area contributed by atoms with E-state index in [9.17, 15) is 0 Å². The number of rotatable bonds is 4. The number of allylic oxidation sites excluding steroid dienone is 6. The summed E-state index contributed by atoms with van der Waals surface area (Å²) in [6.45, 7) is 6.95. The molecular weight excluding hydrogens is 204 g/mol. The molecule has 2 rings (SSSR count). The van der Waals surface area contributed by atoms with Gasteiger partial charge in [-0.05, 0) is 68.4 Å². The highest BCUT2D eigenvalue weighted by molar-refractivity contribution is 5.42. The molecule has 0 aromatic heterocycles. The predicted molar refractivity (Wildman–Crippen MR) is 76.0 cm³/mol. The Labute approximate surface area is 106 Å². The average Bonchev–Trinajstić information content (AvgIpc) is 3.13. The van der Waals surface area contributed by atoms with Gasteiger partial charge in [-0.1, -0.05) is 37.6 Å². The average molecular weight is 230 g/mol. The minimum atomic E-state index is 0.802. The van der Waals surface area contributed by atoms with Gasteiger partial charge in [0.15, 0.2) is 0 Å². The predicted octanol–water partition coefficient (Wildman–Crippen LogP) is 5.43. The van der Waals surface area contributed by atoms with Gasteiger partial charge in [-0.15, -0.1) is 0 Å². The van der Waals surface area contributed by atoms with Crippen LogP contribution in [0.2, 0.25) is 0 Å². The first-order valence-electron chi connectivity index (χ1n) is 7.30. The van der Waals surface area contributed by atoms with Gasteiger partial charge >= 0.3 is 0 Å². The molecule has 1 unspecified atom stereocenters. The summed E-state index contributed by atoms with van der Waals surface area (Å²) in [6.07, 6.45) is 15.0. The van der Waals surface area contributed by atoms with Crippen molar-refractivity contribution in [3.63, 3.8) is 0 Å². The third kappa shape index (κ3) is 3.12. The molecule has 1 saturated carbocycles. The van der Waals surface area contributed by atoms with Gasteiger partial charge in [-0.3, -0.25) is 0 Å². The van der Waals surface area contributed by atoms with Crippen molar-refractivity contribution in [3.8, 4) is 0 Å². The second kappa shape index (κ2) is 5.71. The molecule has 0 radical (unpaired) electrons. The zero-order valence-corrected chi connectivity index (χ0v) is 11.6. The van der Waals surface area contributed by atoms with Gasteiger partial charge < -0.3 is 0 Å². The molecule has 0 heteroatoms. The molecule has 0 heterocycles. The normalized spacial score (nSPS) is 27.0. The van der Waals surface area contributed by atoms with Crippen LogP contribution in [0.1, 0.15) is 59.3 Å². The molecule has 2 aliphatic carbocycles. The van der Waals surface area contributed by atoms with Gasteiger partial charge in [0.2, 0.25) is 0 Å². The number of hydrogen-bond donors (Lipinski definition) is 0. The van der Waals surface area contributed by atoms with Crippen LogP contribution in [0.5, 0.6) is 0 Å². The molecule has 0 bridgehead atoms. The maximum absolute atomic E-state index is 2.40. The molecule has 0 spiro atoms. The van der Waals surface area contributed by atoms with Crippen LogP contribution in [0.15, 0.2) is 34.9 Å². The van der Waals surface area contributed by atoms with Crippen LogP contribution in [0.4, 0.5) is 0 Å². The summed E-state index contributed by atoms with van der Waals surface area (Å²) in [5.74, 6) is 1.68. The van der Waals surface area contributed by atoms with E-state index >= 15 is 0 Å². The Morgan fingerprint density at radius 1 is 1.29 bits per heavy atom. The summed E-state index contributed by atoms with van der Waals surface area (Å²) in [5.41, 5.74) is 5.03. The number of hydrogen-bond acceptors (Lipinski definition) is 0. The van der Waals surface area contributed by atoms with Crippen molar-refractivity contribution in [2.75, 3.05) is 0 Å². The Hall–Kier alpha value is -0.780. The van der Waals surface area contributed by atoms with Crippen molar-refractivity contribution in [2.24, 2.45) is 11.8 Å². The topological polar surface area (TPSA) is 0 Å². The Balaban J connectivity index is 2.23. The quantitative estimate of drug-likeness (QED) is 0.565. The van der Waals surface area contributed by atoms with E-state index in [0.717, 1.165) is 18.3 Å². The van der Waals surface area contributed by atoms with Crippen LogP contribution in [0, 0.1) is 11.8 Å². The molecule has 94 valence electrons. The van der Waals surface area contributed by atoms with Crippen LogP contribution < -0.4 is 0 Å². The molecule has 17 heavy (non-hydrogen) atoms. The fraction of sp³-hybridized carbons (Fsp3) is 0.647. The molecule has 1 atom stereocenters. The van der Waals surface area contributed by atoms with Crippen molar-refractivity contribution in [1.82, 2.24) is 0 Å². The van der Waals surface area contributed by atoms with E-state index in [2.05, 4.69) is 39.0 Å². The van der Waals surface area contributed by atoms with Crippen LogP contribution in [0.25, 0.3) is 0 Å². The molecule has 1 fully saturated rings. The smallest absolute Gasteiger partial charge is 0.0159 e. The Kier molecular flexibility index (Phi) is 4.25. The lowest BCUT2D eigenvalue weighted by Gasteiger charge is -2.25. The summed E-state index contributed by atoms with van der Waals surface area (Å²) >= 11 is 0. The highest BCUT2D eigenvalue weighted by Gasteiger charge is 2.30. The molecule has 0 saturated heterocycles. The molecule has 0 amide bonds. The van der Waals surface area contributed by atoms with Crippen LogP contribution in [-0.4, -0.2) is 0 Å². The van der Waals surface area contributed by atoms with E-state index in [4.69, 9.17) is 0 Å². The summed E-state index contributed by atoms with van der Waals surface area (Å²) < 4.78 is 0. The van der Waals surface area contributed by atoms with Crippen LogP contribution in [-0.2, 0) is 0 Å². The van der Waals surface area contributed by atoms with E-state index in [1.54, 1.807) is 16.7 Å². The van der Waals surface area contributed by atoms with Crippen molar-refractivity contribution in [2.45, 2.75) is 59.3 Å². The minimum Gasteiger partial charge on any atom is -0.0848 e. The van der Waals surface area contributed by atoms with Crippen molar-refractivity contribution >= 4 is 0 Å². The van der Waals surface area contributed by atoms with E-state index in [-0.39, 0.29) is 0 Å². The van der Waals surface area contributed by atoms with Gasteiger partial charge in [0.05, 0.1) is 0 Å². The zero-order chi connectivity index (χ0) is 12.3. The third-order valence-electron chi connectivity index (χ3n) is 4.29. The Morgan fingerprint density at radius 2 is 2.06 bits per heavy atom. The largest absolute Gasteiger partial charge is 0.0848 e. The zero-order valence-electron chi connectivity index (χ0n) is 11.6. The fourth-order valence-electron chi connectivity index (χ4n) is 2.85. The van der Waals surface area contributed by atoms with Crippen molar-refractivity contribution in [3.05, 3.63) is 34.9 Å². The van der Waals surface area contributed by atoms with E-state index in [1.165, 1.54) is 32.1 Å². The molecule has 0 nitrogen and oxygen atoms in total. The van der Waals surface area contributed by atoms with Crippen molar-refractivity contribution < 1.29 is 0 Å². The Morgan fingerprint density at radius 3 is 2.71 bits per heavy atom. The first-order chi connectivity index (χ1) is 8.24. The Bertz CT molecular complexity index is 350. The van der Waals surface area contributed by atoms with Gasteiger partial charge in [-0.2, -0.15) is 0 Å². The molecule has 0 N–H and O–H groups in total. The molecule has 0 aromatic rings.